The standard InChI is InChI=1S/C12H18Cl2N2OS.H2O4S/c13-10-8-11(14)12(16-9-10)17-6-3-1-2-4-15-5-7-18;1-5(2,3)4/h8-9,15,18H,1-7H2;(H2,1,2,3,4). The molecule has 23 heavy (non-hydrogen) atoms. The number of halogens is 2. The van der Waals surface area contributed by atoms with Crippen LogP contribution in [0.15, 0.2) is 12.3 Å². The largest absolute Gasteiger partial charge is 0.477 e. The van der Waals surface area contributed by atoms with Crippen LogP contribution in [-0.2, 0) is 10.4 Å². The molecule has 11 heteroatoms. The zero-order valence-electron chi connectivity index (χ0n) is 12.3. The highest BCUT2D eigenvalue weighted by Crippen LogP contribution is 2.24. The van der Waals surface area contributed by atoms with E-state index in [0.717, 1.165) is 38.1 Å². The van der Waals surface area contributed by atoms with E-state index < -0.39 is 10.4 Å². The third-order valence-corrected chi connectivity index (χ3v) is 3.00. The molecule has 0 atom stereocenters. The Labute approximate surface area is 151 Å². The molecule has 1 heterocycles. The first-order chi connectivity index (χ1) is 10.7. The first-order valence-electron chi connectivity index (χ1n) is 6.69. The van der Waals surface area contributed by atoms with Crippen molar-refractivity contribution in [1.29, 1.82) is 0 Å². The van der Waals surface area contributed by atoms with Gasteiger partial charge >= 0.3 is 10.4 Å². The molecule has 0 unspecified atom stereocenters. The van der Waals surface area contributed by atoms with E-state index in [1.807, 2.05) is 0 Å². The number of rotatable bonds is 9. The molecule has 1 aromatic heterocycles. The number of unbranched alkanes of at least 4 members (excludes halogenated alkanes) is 2. The molecule has 0 fully saturated rings. The molecule has 0 spiro atoms. The van der Waals surface area contributed by atoms with Crippen molar-refractivity contribution in [2.24, 2.45) is 0 Å². The van der Waals surface area contributed by atoms with Gasteiger partial charge in [-0.15, -0.1) is 0 Å². The van der Waals surface area contributed by atoms with E-state index >= 15 is 0 Å². The summed E-state index contributed by atoms with van der Waals surface area (Å²) in [5, 5.41) is 4.27. The maximum Gasteiger partial charge on any atom is 0.394 e. The normalized spacial score (nSPS) is 10.8. The van der Waals surface area contributed by atoms with Crippen LogP contribution in [0.5, 0.6) is 5.88 Å². The van der Waals surface area contributed by atoms with Gasteiger partial charge in [-0.3, -0.25) is 9.11 Å². The van der Waals surface area contributed by atoms with Gasteiger partial charge in [0.25, 0.3) is 0 Å². The van der Waals surface area contributed by atoms with Gasteiger partial charge in [-0.1, -0.05) is 23.2 Å². The van der Waals surface area contributed by atoms with Crippen molar-refractivity contribution in [3.8, 4) is 5.88 Å². The highest BCUT2D eigenvalue weighted by Gasteiger charge is 2.03. The van der Waals surface area contributed by atoms with Crippen LogP contribution in [0.1, 0.15) is 19.3 Å². The fraction of sp³-hybridized carbons (Fsp3) is 0.583. The first kappa shape index (κ1) is 22.7. The molecule has 0 saturated carbocycles. The first-order valence-corrected chi connectivity index (χ1v) is 9.48. The predicted octanol–water partition coefficient (Wildman–Crippen LogP) is 2.80. The highest BCUT2D eigenvalue weighted by atomic mass is 35.5. The molecule has 0 aliphatic heterocycles. The lowest BCUT2D eigenvalue weighted by atomic mass is 10.2. The van der Waals surface area contributed by atoms with Crippen molar-refractivity contribution in [1.82, 2.24) is 10.3 Å². The average Bonchev–Trinajstić information content (AvgIpc) is 2.42. The van der Waals surface area contributed by atoms with Gasteiger partial charge in [-0.05, 0) is 31.9 Å². The van der Waals surface area contributed by atoms with Gasteiger partial charge in [0, 0.05) is 18.5 Å². The van der Waals surface area contributed by atoms with E-state index in [2.05, 4.69) is 22.9 Å². The zero-order chi connectivity index (χ0) is 17.7. The van der Waals surface area contributed by atoms with Crippen LogP contribution in [0.2, 0.25) is 10.0 Å². The van der Waals surface area contributed by atoms with Gasteiger partial charge < -0.3 is 10.1 Å². The molecule has 0 aromatic carbocycles. The van der Waals surface area contributed by atoms with Crippen LogP contribution in [0.25, 0.3) is 0 Å². The lowest BCUT2D eigenvalue weighted by Crippen LogP contribution is -2.17. The summed E-state index contributed by atoms with van der Waals surface area (Å²) in [4.78, 5) is 4.03. The van der Waals surface area contributed by atoms with Crippen molar-refractivity contribution >= 4 is 46.2 Å². The van der Waals surface area contributed by atoms with E-state index in [1.54, 1.807) is 6.07 Å². The second-order valence-corrected chi connectivity index (χ2v) is 6.46. The van der Waals surface area contributed by atoms with Crippen LogP contribution in [0.4, 0.5) is 0 Å². The molecule has 0 bridgehead atoms. The van der Waals surface area contributed by atoms with Crippen molar-refractivity contribution in [3.63, 3.8) is 0 Å². The Morgan fingerprint density at radius 3 is 2.43 bits per heavy atom. The number of nitrogens with zero attached hydrogens (tertiary/aromatic N) is 1. The molecule has 0 amide bonds. The summed E-state index contributed by atoms with van der Waals surface area (Å²) in [5.74, 6) is 1.33. The number of thiol groups is 1. The lowest BCUT2D eigenvalue weighted by Gasteiger charge is -2.07. The van der Waals surface area contributed by atoms with Gasteiger partial charge in [-0.2, -0.15) is 21.0 Å². The number of aromatic nitrogens is 1. The lowest BCUT2D eigenvalue weighted by molar-refractivity contribution is 0.294. The quantitative estimate of drug-likeness (QED) is 0.283. The maximum absolute atomic E-state index is 8.74. The summed E-state index contributed by atoms with van der Waals surface area (Å²) in [5.41, 5.74) is 0. The summed E-state index contributed by atoms with van der Waals surface area (Å²) in [6.45, 7) is 2.62. The summed E-state index contributed by atoms with van der Waals surface area (Å²) in [7, 11) is -4.67. The van der Waals surface area contributed by atoms with Gasteiger partial charge in [-0.25, -0.2) is 4.98 Å². The Kier molecular flexibility index (Phi) is 12.9. The maximum atomic E-state index is 8.74. The molecule has 0 saturated heterocycles. The SMILES string of the molecule is O=S(=O)(O)O.SCCNCCCCCOc1ncc(Cl)cc1Cl. The molecular weight excluding hydrogens is 387 g/mol. The van der Waals surface area contributed by atoms with E-state index in [1.165, 1.54) is 6.20 Å². The molecule has 134 valence electrons. The van der Waals surface area contributed by atoms with E-state index in [9.17, 15) is 0 Å². The third-order valence-electron chi connectivity index (χ3n) is 2.30. The summed E-state index contributed by atoms with van der Waals surface area (Å²) >= 11 is 15.8. The molecule has 0 aliphatic carbocycles. The van der Waals surface area contributed by atoms with Crippen LogP contribution in [0, 0.1) is 0 Å². The van der Waals surface area contributed by atoms with E-state index in [0.29, 0.717) is 22.5 Å². The minimum absolute atomic E-state index is 0.453. The summed E-state index contributed by atoms with van der Waals surface area (Å²) in [6.07, 6.45) is 4.77. The fourth-order valence-corrected chi connectivity index (χ4v) is 2.00. The average molecular weight is 407 g/mol. The Hall–Kier alpha value is -0.290. The molecule has 1 rings (SSSR count). The molecule has 0 aliphatic rings. The number of pyridine rings is 1. The van der Waals surface area contributed by atoms with E-state index in [4.69, 9.17) is 45.5 Å². The minimum atomic E-state index is -4.67. The van der Waals surface area contributed by atoms with Crippen molar-refractivity contribution in [3.05, 3.63) is 22.3 Å². The van der Waals surface area contributed by atoms with Crippen molar-refractivity contribution in [2.75, 3.05) is 25.4 Å². The summed E-state index contributed by atoms with van der Waals surface area (Å²) in [6, 6.07) is 1.63. The van der Waals surface area contributed by atoms with Gasteiger partial charge in [0.15, 0.2) is 0 Å². The Bertz CT molecular complexity index is 538. The minimum Gasteiger partial charge on any atom is -0.477 e. The molecule has 3 N–H and O–H groups in total. The summed E-state index contributed by atoms with van der Waals surface area (Å²) < 4.78 is 37.1. The fourth-order valence-electron chi connectivity index (χ4n) is 1.41. The Morgan fingerprint density at radius 2 is 1.87 bits per heavy atom. The number of hydrogen-bond acceptors (Lipinski definition) is 6. The van der Waals surface area contributed by atoms with Gasteiger partial charge in [0.05, 0.1) is 11.6 Å². The Balaban J connectivity index is 0.000000841. The monoisotopic (exact) mass is 406 g/mol. The van der Waals surface area contributed by atoms with Crippen LogP contribution in [-0.4, -0.2) is 48.0 Å². The second kappa shape index (κ2) is 13.1. The molecule has 0 radical (unpaired) electrons. The van der Waals surface area contributed by atoms with Crippen LogP contribution >= 0.6 is 35.8 Å². The van der Waals surface area contributed by atoms with Gasteiger partial charge in [0.2, 0.25) is 5.88 Å². The van der Waals surface area contributed by atoms with Gasteiger partial charge in [0.1, 0.15) is 5.02 Å². The van der Waals surface area contributed by atoms with Crippen LogP contribution in [0.3, 0.4) is 0 Å². The third kappa shape index (κ3) is 16.4. The molecular formula is C12H20Cl2N2O5S2. The van der Waals surface area contributed by atoms with Crippen molar-refractivity contribution < 1.29 is 22.3 Å². The smallest absolute Gasteiger partial charge is 0.394 e. The van der Waals surface area contributed by atoms with Crippen LogP contribution < -0.4 is 10.1 Å². The molecule has 1 aromatic rings. The zero-order valence-corrected chi connectivity index (χ0v) is 15.5. The number of hydrogen-bond donors (Lipinski definition) is 4. The molecule has 7 nitrogen and oxygen atoms in total. The topological polar surface area (TPSA) is 109 Å². The Morgan fingerprint density at radius 1 is 1.22 bits per heavy atom. The number of ether oxygens (including phenoxy) is 1. The highest BCUT2D eigenvalue weighted by molar-refractivity contribution is 7.80. The second-order valence-electron chi connectivity index (χ2n) is 4.27. The predicted molar refractivity (Wildman–Crippen MR) is 94.5 cm³/mol. The number of nitrogens with one attached hydrogen (secondary N) is 1. The van der Waals surface area contributed by atoms with E-state index in [-0.39, 0.29) is 0 Å². The van der Waals surface area contributed by atoms with Crippen molar-refractivity contribution in [2.45, 2.75) is 19.3 Å².